The van der Waals surface area contributed by atoms with Crippen LogP contribution in [-0.2, 0) is 11.3 Å². The van der Waals surface area contributed by atoms with Crippen LogP contribution in [0.2, 0.25) is 0 Å². The van der Waals surface area contributed by atoms with E-state index in [1.165, 1.54) is 0 Å². The van der Waals surface area contributed by atoms with Gasteiger partial charge in [-0.1, -0.05) is 12.1 Å². The number of benzene rings is 1. The number of hydrogen-bond acceptors (Lipinski definition) is 3. The highest BCUT2D eigenvalue weighted by atomic mass is 79.9. The topological polar surface area (TPSA) is 30.5 Å². The summed E-state index contributed by atoms with van der Waals surface area (Å²) >= 11 is 3.49. The fourth-order valence-electron chi connectivity index (χ4n) is 1.40. The molecule has 0 unspecified atom stereocenters. The maximum atomic E-state index is 5.61. The molecule has 1 aromatic carbocycles. The Morgan fingerprint density at radius 1 is 1.38 bits per heavy atom. The van der Waals surface area contributed by atoms with Crippen LogP contribution in [0.25, 0.3) is 0 Å². The van der Waals surface area contributed by atoms with Crippen LogP contribution in [-0.4, -0.2) is 26.9 Å². The monoisotopic (exact) mass is 287 g/mol. The van der Waals surface area contributed by atoms with Gasteiger partial charge in [-0.3, -0.25) is 0 Å². The summed E-state index contributed by atoms with van der Waals surface area (Å²) in [5, 5.41) is 3.30. The average Bonchev–Trinajstić information content (AvgIpc) is 2.29. The van der Waals surface area contributed by atoms with Crippen LogP contribution in [0, 0.1) is 0 Å². The minimum Gasteiger partial charge on any atom is -0.492 e. The fraction of sp³-hybridized carbons (Fsp3) is 0.500. The highest BCUT2D eigenvalue weighted by molar-refractivity contribution is 9.10. The Balaban J connectivity index is 2.59. The second-order valence-corrected chi connectivity index (χ2v) is 4.19. The Morgan fingerprint density at radius 2 is 2.19 bits per heavy atom. The summed E-state index contributed by atoms with van der Waals surface area (Å²) in [6, 6.07) is 6.07. The summed E-state index contributed by atoms with van der Waals surface area (Å²) in [4.78, 5) is 0. The van der Waals surface area contributed by atoms with Crippen molar-refractivity contribution < 1.29 is 9.47 Å². The van der Waals surface area contributed by atoms with Gasteiger partial charge in [0.15, 0.2) is 0 Å². The third kappa shape index (κ3) is 4.12. The lowest BCUT2D eigenvalue weighted by molar-refractivity contribution is 0.199. The minimum atomic E-state index is 0.674. The molecule has 0 heterocycles. The highest BCUT2D eigenvalue weighted by Gasteiger charge is 2.06. The molecule has 0 saturated heterocycles. The van der Waals surface area contributed by atoms with E-state index in [-0.39, 0.29) is 0 Å². The number of ether oxygens (including phenoxy) is 2. The van der Waals surface area contributed by atoms with E-state index in [4.69, 9.17) is 9.47 Å². The summed E-state index contributed by atoms with van der Waals surface area (Å²) in [6.45, 7) is 5.01. The van der Waals surface area contributed by atoms with Crippen LogP contribution < -0.4 is 10.1 Å². The zero-order chi connectivity index (χ0) is 11.8. The van der Waals surface area contributed by atoms with Crippen LogP contribution in [0.4, 0.5) is 0 Å². The van der Waals surface area contributed by atoms with E-state index in [9.17, 15) is 0 Å². The lowest BCUT2D eigenvalue weighted by Gasteiger charge is -2.12. The second-order valence-electron chi connectivity index (χ2n) is 3.33. The molecular formula is C12H18BrNO2. The van der Waals surface area contributed by atoms with Crippen molar-refractivity contribution >= 4 is 15.9 Å². The van der Waals surface area contributed by atoms with Crippen molar-refractivity contribution in [2.45, 2.75) is 13.5 Å². The van der Waals surface area contributed by atoms with Gasteiger partial charge in [-0.15, -0.1) is 0 Å². The average molecular weight is 288 g/mol. The standard InChI is InChI=1S/C12H18BrNO2/c1-3-16-12-10(5-4-6-11(12)13)9-14-7-8-15-2/h4-6,14H,3,7-9H2,1-2H3. The molecule has 1 N–H and O–H groups in total. The van der Waals surface area contributed by atoms with Crippen molar-refractivity contribution in [1.29, 1.82) is 0 Å². The number of methoxy groups -OCH3 is 1. The van der Waals surface area contributed by atoms with Crippen LogP contribution in [0.5, 0.6) is 5.75 Å². The molecule has 0 saturated carbocycles. The van der Waals surface area contributed by atoms with Crippen LogP contribution in [0.3, 0.4) is 0 Å². The summed E-state index contributed by atoms with van der Waals surface area (Å²) < 4.78 is 11.6. The van der Waals surface area contributed by atoms with E-state index in [0.29, 0.717) is 6.61 Å². The molecule has 4 heteroatoms. The molecule has 0 bridgehead atoms. The second kappa shape index (κ2) is 7.65. The lowest BCUT2D eigenvalue weighted by Crippen LogP contribution is -2.19. The third-order valence-corrected chi connectivity index (χ3v) is 2.76. The van der Waals surface area contributed by atoms with Gasteiger partial charge in [-0.05, 0) is 28.9 Å². The number of hydrogen-bond donors (Lipinski definition) is 1. The van der Waals surface area contributed by atoms with Gasteiger partial charge >= 0.3 is 0 Å². The summed E-state index contributed by atoms with van der Waals surface area (Å²) in [7, 11) is 1.70. The molecule has 3 nitrogen and oxygen atoms in total. The van der Waals surface area contributed by atoms with Crippen molar-refractivity contribution in [2.75, 3.05) is 26.9 Å². The van der Waals surface area contributed by atoms with Crippen molar-refractivity contribution in [3.05, 3.63) is 28.2 Å². The van der Waals surface area contributed by atoms with Crippen molar-refractivity contribution in [3.63, 3.8) is 0 Å². The van der Waals surface area contributed by atoms with Crippen LogP contribution >= 0.6 is 15.9 Å². The molecule has 0 aromatic heterocycles. The maximum Gasteiger partial charge on any atom is 0.137 e. The number of halogens is 1. The molecule has 0 aliphatic rings. The third-order valence-electron chi connectivity index (χ3n) is 2.14. The zero-order valence-corrected chi connectivity index (χ0v) is 11.3. The summed E-state index contributed by atoms with van der Waals surface area (Å²) in [5.41, 5.74) is 1.16. The SMILES string of the molecule is CCOc1c(Br)cccc1CNCCOC. The van der Waals surface area contributed by atoms with Crippen LogP contribution in [0.1, 0.15) is 12.5 Å². The van der Waals surface area contributed by atoms with E-state index in [1.54, 1.807) is 7.11 Å². The first-order chi connectivity index (χ1) is 7.79. The first-order valence-corrected chi connectivity index (χ1v) is 6.18. The molecule has 0 radical (unpaired) electrons. The predicted octanol–water partition coefficient (Wildman–Crippen LogP) is 2.58. The minimum absolute atomic E-state index is 0.674. The fourth-order valence-corrected chi connectivity index (χ4v) is 1.92. The largest absolute Gasteiger partial charge is 0.492 e. The van der Waals surface area contributed by atoms with E-state index >= 15 is 0 Å². The van der Waals surface area contributed by atoms with Gasteiger partial charge in [0.1, 0.15) is 5.75 Å². The van der Waals surface area contributed by atoms with Gasteiger partial charge in [0.25, 0.3) is 0 Å². The molecule has 16 heavy (non-hydrogen) atoms. The normalized spacial score (nSPS) is 10.4. The molecular weight excluding hydrogens is 270 g/mol. The smallest absolute Gasteiger partial charge is 0.137 e. The molecule has 0 aliphatic heterocycles. The number of nitrogens with one attached hydrogen (secondary N) is 1. The molecule has 1 rings (SSSR count). The van der Waals surface area contributed by atoms with Crippen molar-refractivity contribution in [2.24, 2.45) is 0 Å². The quantitative estimate of drug-likeness (QED) is 0.782. The maximum absolute atomic E-state index is 5.61. The Labute approximate surface area is 105 Å². The number of para-hydroxylation sites is 1. The Kier molecular flexibility index (Phi) is 6.45. The van der Waals surface area contributed by atoms with Crippen molar-refractivity contribution in [3.8, 4) is 5.75 Å². The molecule has 0 amide bonds. The molecule has 1 aromatic rings. The highest BCUT2D eigenvalue weighted by Crippen LogP contribution is 2.28. The Hall–Kier alpha value is -0.580. The van der Waals surface area contributed by atoms with E-state index in [0.717, 1.165) is 35.5 Å². The Morgan fingerprint density at radius 3 is 2.88 bits per heavy atom. The van der Waals surface area contributed by atoms with Gasteiger partial charge < -0.3 is 14.8 Å². The van der Waals surface area contributed by atoms with Gasteiger partial charge in [-0.2, -0.15) is 0 Å². The molecule has 0 fully saturated rings. The van der Waals surface area contributed by atoms with E-state index in [2.05, 4.69) is 27.3 Å². The molecule has 0 spiro atoms. The molecule has 0 atom stereocenters. The lowest BCUT2D eigenvalue weighted by atomic mass is 10.2. The zero-order valence-electron chi connectivity index (χ0n) is 9.75. The summed E-state index contributed by atoms with van der Waals surface area (Å²) in [6.07, 6.45) is 0. The van der Waals surface area contributed by atoms with Gasteiger partial charge in [0, 0.05) is 25.8 Å². The van der Waals surface area contributed by atoms with Gasteiger partial charge in [-0.25, -0.2) is 0 Å². The van der Waals surface area contributed by atoms with Crippen LogP contribution in [0.15, 0.2) is 22.7 Å². The van der Waals surface area contributed by atoms with E-state index in [1.807, 2.05) is 19.1 Å². The predicted molar refractivity (Wildman–Crippen MR) is 68.9 cm³/mol. The number of rotatable bonds is 7. The van der Waals surface area contributed by atoms with Gasteiger partial charge in [0.05, 0.1) is 17.7 Å². The Bertz CT molecular complexity index is 318. The molecule has 90 valence electrons. The van der Waals surface area contributed by atoms with Gasteiger partial charge in [0.2, 0.25) is 0 Å². The molecule has 0 aliphatic carbocycles. The van der Waals surface area contributed by atoms with E-state index < -0.39 is 0 Å². The first-order valence-electron chi connectivity index (χ1n) is 5.39. The van der Waals surface area contributed by atoms with Crippen molar-refractivity contribution in [1.82, 2.24) is 5.32 Å². The first kappa shape index (κ1) is 13.5. The summed E-state index contributed by atoms with van der Waals surface area (Å²) in [5.74, 6) is 0.926.